The lowest BCUT2D eigenvalue weighted by molar-refractivity contribution is 0.183. The third-order valence-corrected chi connectivity index (χ3v) is 3.05. The number of hydrogen-bond acceptors (Lipinski definition) is 2. The van der Waals surface area contributed by atoms with Gasteiger partial charge in [-0.1, -0.05) is 59.2 Å². The molecule has 0 aliphatic rings. The van der Waals surface area contributed by atoms with Crippen LogP contribution in [0.1, 0.15) is 53.5 Å². The molecule has 0 amide bonds. The van der Waals surface area contributed by atoms with Crippen molar-refractivity contribution in [2.45, 2.75) is 54.9 Å². The molecule has 0 N–H and O–H groups in total. The molecule has 1 aromatic carbocycles. The highest BCUT2D eigenvalue weighted by atomic mass is 16.5. The SMILES string of the molecule is CC.CCN(CCCOc1ccc(C)cc1)CC(C)(C)C. The van der Waals surface area contributed by atoms with E-state index >= 15 is 0 Å². The second-order valence-corrected chi connectivity index (χ2v) is 6.44. The molecular formula is C19H35NO. The number of aryl methyl sites for hydroxylation is 1. The van der Waals surface area contributed by atoms with Crippen molar-refractivity contribution >= 4 is 0 Å². The summed E-state index contributed by atoms with van der Waals surface area (Å²) in [6, 6.07) is 8.27. The third kappa shape index (κ3) is 10.4. The summed E-state index contributed by atoms with van der Waals surface area (Å²) in [4.78, 5) is 2.50. The zero-order chi connectivity index (χ0) is 16.3. The minimum Gasteiger partial charge on any atom is -0.494 e. The van der Waals surface area contributed by atoms with Gasteiger partial charge in [-0.3, -0.25) is 0 Å². The summed E-state index contributed by atoms with van der Waals surface area (Å²) in [7, 11) is 0. The van der Waals surface area contributed by atoms with Crippen molar-refractivity contribution in [3.63, 3.8) is 0 Å². The highest BCUT2D eigenvalue weighted by Gasteiger charge is 2.14. The van der Waals surface area contributed by atoms with Gasteiger partial charge in [0.05, 0.1) is 6.61 Å². The summed E-state index contributed by atoms with van der Waals surface area (Å²) in [5, 5.41) is 0. The number of hydrogen-bond donors (Lipinski definition) is 0. The molecule has 2 heteroatoms. The molecule has 0 spiro atoms. The Morgan fingerprint density at radius 3 is 2.10 bits per heavy atom. The van der Waals surface area contributed by atoms with E-state index in [1.807, 2.05) is 26.0 Å². The summed E-state index contributed by atoms with van der Waals surface area (Å²) in [6.45, 7) is 19.4. The van der Waals surface area contributed by atoms with Crippen molar-refractivity contribution in [2.24, 2.45) is 5.41 Å². The van der Waals surface area contributed by atoms with E-state index in [0.29, 0.717) is 5.41 Å². The van der Waals surface area contributed by atoms with E-state index in [-0.39, 0.29) is 0 Å². The summed E-state index contributed by atoms with van der Waals surface area (Å²) in [5.74, 6) is 0.976. The van der Waals surface area contributed by atoms with Gasteiger partial charge in [0.15, 0.2) is 0 Å². The van der Waals surface area contributed by atoms with E-state index < -0.39 is 0 Å². The molecule has 0 unspecified atom stereocenters. The fourth-order valence-corrected chi connectivity index (χ4v) is 2.13. The molecule has 0 aliphatic heterocycles. The lowest BCUT2D eigenvalue weighted by Gasteiger charge is -2.28. The first kappa shape index (κ1) is 20.0. The van der Waals surface area contributed by atoms with Crippen molar-refractivity contribution in [1.82, 2.24) is 4.90 Å². The van der Waals surface area contributed by atoms with Gasteiger partial charge in [0.2, 0.25) is 0 Å². The van der Waals surface area contributed by atoms with Crippen LogP contribution in [0.3, 0.4) is 0 Å². The summed E-state index contributed by atoms with van der Waals surface area (Å²) in [5.41, 5.74) is 1.64. The Balaban J connectivity index is 0.00000191. The maximum Gasteiger partial charge on any atom is 0.119 e. The van der Waals surface area contributed by atoms with Crippen molar-refractivity contribution in [1.29, 1.82) is 0 Å². The number of benzene rings is 1. The Labute approximate surface area is 132 Å². The van der Waals surface area contributed by atoms with Crippen molar-refractivity contribution < 1.29 is 4.74 Å². The summed E-state index contributed by atoms with van der Waals surface area (Å²) < 4.78 is 5.76. The van der Waals surface area contributed by atoms with Crippen LogP contribution >= 0.6 is 0 Å². The third-order valence-electron chi connectivity index (χ3n) is 3.05. The highest BCUT2D eigenvalue weighted by Crippen LogP contribution is 2.15. The Kier molecular flexibility index (Phi) is 10.2. The molecule has 1 aromatic rings. The fourth-order valence-electron chi connectivity index (χ4n) is 2.13. The second-order valence-electron chi connectivity index (χ2n) is 6.44. The predicted octanol–water partition coefficient (Wildman–Crippen LogP) is 5.16. The molecule has 0 saturated heterocycles. The Hall–Kier alpha value is -1.02. The topological polar surface area (TPSA) is 12.5 Å². The van der Waals surface area contributed by atoms with Gasteiger partial charge in [0, 0.05) is 13.1 Å². The summed E-state index contributed by atoms with van der Waals surface area (Å²) >= 11 is 0. The van der Waals surface area contributed by atoms with Crippen molar-refractivity contribution in [3.05, 3.63) is 29.8 Å². The van der Waals surface area contributed by atoms with Crippen LogP contribution in [-0.4, -0.2) is 31.1 Å². The van der Waals surface area contributed by atoms with Crippen LogP contribution in [0.15, 0.2) is 24.3 Å². The van der Waals surface area contributed by atoms with Crippen LogP contribution in [0.2, 0.25) is 0 Å². The van der Waals surface area contributed by atoms with E-state index in [4.69, 9.17) is 4.74 Å². The molecule has 122 valence electrons. The molecule has 0 bridgehead atoms. The predicted molar refractivity (Wildman–Crippen MR) is 94.2 cm³/mol. The zero-order valence-corrected chi connectivity index (χ0v) is 15.2. The lowest BCUT2D eigenvalue weighted by atomic mass is 9.96. The van der Waals surface area contributed by atoms with E-state index in [2.05, 4.69) is 51.7 Å². The van der Waals surface area contributed by atoms with Crippen LogP contribution in [0.5, 0.6) is 5.75 Å². The minimum absolute atomic E-state index is 0.369. The normalized spacial score (nSPS) is 11.0. The number of rotatable bonds is 7. The molecule has 0 aliphatic carbocycles. The van der Waals surface area contributed by atoms with Gasteiger partial charge >= 0.3 is 0 Å². The molecule has 0 fully saturated rings. The monoisotopic (exact) mass is 293 g/mol. The standard InChI is InChI=1S/C17H29NO.C2H6/c1-6-18(14-17(3,4)5)12-7-13-19-16-10-8-15(2)9-11-16;1-2/h8-11H,6-7,12-14H2,1-5H3;1-2H3. The average molecular weight is 293 g/mol. The summed E-state index contributed by atoms with van der Waals surface area (Å²) in [6.07, 6.45) is 1.08. The molecule has 0 heterocycles. The van der Waals surface area contributed by atoms with Gasteiger partial charge in [0.25, 0.3) is 0 Å². The van der Waals surface area contributed by atoms with Gasteiger partial charge in [-0.15, -0.1) is 0 Å². The van der Waals surface area contributed by atoms with Gasteiger partial charge in [-0.05, 0) is 37.4 Å². The Morgan fingerprint density at radius 2 is 1.62 bits per heavy atom. The largest absolute Gasteiger partial charge is 0.494 e. The van der Waals surface area contributed by atoms with E-state index in [1.165, 1.54) is 5.56 Å². The van der Waals surface area contributed by atoms with Crippen LogP contribution in [0.25, 0.3) is 0 Å². The zero-order valence-electron chi connectivity index (χ0n) is 15.2. The molecular weight excluding hydrogens is 258 g/mol. The highest BCUT2D eigenvalue weighted by molar-refractivity contribution is 5.26. The van der Waals surface area contributed by atoms with Crippen molar-refractivity contribution in [2.75, 3.05) is 26.2 Å². The first-order chi connectivity index (χ1) is 9.90. The molecule has 0 radical (unpaired) electrons. The quantitative estimate of drug-likeness (QED) is 0.644. The average Bonchev–Trinajstić information content (AvgIpc) is 2.45. The number of ether oxygens (including phenoxy) is 1. The Bertz CT molecular complexity index is 351. The first-order valence-electron chi connectivity index (χ1n) is 8.32. The molecule has 0 saturated carbocycles. The molecule has 0 atom stereocenters. The van der Waals surface area contributed by atoms with Crippen LogP contribution in [-0.2, 0) is 0 Å². The number of nitrogens with zero attached hydrogens (tertiary/aromatic N) is 1. The van der Waals surface area contributed by atoms with Gasteiger partial charge in [0.1, 0.15) is 5.75 Å². The van der Waals surface area contributed by atoms with Crippen LogP contribution < -0.4 is 4.74 Å². The van der Waals surface area contributed by atoms with E-state index in [1.54, 1.807) is 0 Å². The molecule has 1 rings (SSSR count). The fraction of sp³-hybridized carbons (Fsp3) is 0.684. The van der Waals surface area contributed by atoms with Crippen molar-refractivity contribution in [3.8, 4) is 5.75 Å². The molecule has 0 aromatic heterocycles. The second kappa shape index (κ2) is 10.7. The molecule has 2 nitrogen and oxygen atoms in total. The van der Waals surface area contributed by atoms with Gasteiger partial charge < -0.3 is 9.64 Å². The maximum absolute atomic E-state index is 5.76. The lowest BCUT2D eigenvalue weighted by Crippen LogP contribution is -2.33. The van der Waals surface area contributed by atoms with E-state index in [9.17, 15) is 0 Å². The van der Waals surface area contributed by atoms with E-state index in [0.717, 1.165) is 38.4 Å². The first-order valence-corrected chi connectivity index (χ1v) is 8.32. The Morgan fingerprint density at radius 1 is 1.05 bits per heavy atom. The van der Waals surface area contributed by atoms with Crippen LogP contribution in [0, 0.1) is 12.3 Å². The van der Waals surface area contributed by atoms with Gasteiger partial charge in [-0.2, -0.15) is 0 Å². The smallest absolute Gasteiger partial charge is 0.119 e. The van der Waals surface area contributed by atoms with Crippen LogP contribution in [0.4, 0.5) is 0 Å². The minimum atomic E-state index is 0.369. The molecule has 21 heavy (non-hydrogen) atoms. The van der Waals surface area contributed by atoms with Gasteiger partial charge in [-0.25, -0.2) is 0 Å². The maximum atomic E-state index is 5.76.